The summed E-state index contributed by atoms with van der Waals surface area (Å²) in [7, 11) is 0. The second-order valence-electron chi connectivity index (χ2n) is 10.3. The van der Waals surface area contributed by atoms with Crippen molar-refractivity contribution in [1.29, 1.82) is 0 Å². The van der Waals surface area contributed by atoms with Crippen LogP contribution in [0.2, 0.25) is 0 Å². The van der Waals surface area contributed by atoms with Gasteiger partial charge in [0.2, 0.25) is 11.8 Å². The van der Waals surface area contributed by atoms with Gasteiger partial charge in [0.15, 0.2) is 11.2 Å². The molecule has 9 nitrogen and oxygen atoms in total. The largest absolute Gasteiger partial charge is 0.471 e. The third-order valence-corrected chi connectivity index (χ3v) is 7.50. The van der Waals surface area contributed by atoms with Gasteiger partial charge in [-0.1, -0.05) is 91.0 Å². The van der Waals surface area contributed by atoms with Crippen LogP contribution in [0.25, 0.3) is 11.2 Å². The number of aliphatic hydroxyl groups is 1. The van der Waals surface area contributed by atoms with Crippen LogP contribution in [0.3, 0.4) is 0 Å². The molecule has 5 aromatic rings. The number of ether oxygens (including phenoxy) is 3. The molecule has 2 heterocycles. The molecule has 0 bridgehead atoms. The van der Waals surface area contributed by atoms with E-state index in [1.807, 2.05) is 95.6 Å². The van der Waals surface area contributed by atoms with Gasteiger partial charge in [0.05, 0.1) is 44.4 Å². The van der Waals surface area contributed by atoms with Crippen LogP contribution in [0.4, 0.5) is 5.95 Å². The van der Waals surface area contributed by atoms with Crippen LogP contribution in [-0.4, -0.2) is 43.4 Å². The summed E-state index contributed by atoms with van der Waals surface area (Å²) >= 11 is 0. The lowest BCUT2D eigenvalue weighted by molar-refractivity contribution is -0.0475. The molecule has 0 unspecified atom stereocenters. The van der Waals surface area contributed by atoms with Crippen LogP contribution in [0.1, 0.15) is 29.2 Å². The molecule has 210 valence electrons. The summed E-state index contributed by atoms with van der Waals surface area (Å²) in [6.07, 6.45) is 1.23. The van der Waals surface area contributed by atoms with Crippen LogP contribution in [-0.2, 0) is 29.3 Å². The van der Waals surface area contributed by atoms with Crippen molar-refractivity contribution < 1.29 is 19.3 Å². The number of rotatable bonds is 11. The Labute approximate surface area is 238 Å². The second kappa shape index (κ2) is 12.5. The van der Waals surface area contributed by atoms with Gasteiger partial charge in [0.25, 0.3) is 0 Å². The summed E-state index contributed by atoms with van der Waals surface area (Å²) in [6, 6.07) is 29.5. The number of nitrogens with zero attached hydrogens (tertiary/aromatic N) is 4. The van der Waals surface area contributed by atoms with Crippen molar-refractivity contribution in [3.05, 3.63) is 114 Å². The average molecular weight is 552 g/mol. The van der Waals surface area contributed by atoms with Crippen molar-refractivity contribution in [2.75, 3.05) is 12.3 Å². The fourth-order valence-electron chi connectivity index (χ4n) is 5.37. The monoisotopic (exact) mass is 551 g/mol. The molecule has 1 fully saturated rings. The summed E-state index contributed by atoms with van der Waals surface area (Å²) in [5.74, 6) is 0.134. The van der Waals surface area contributed by atoms with E-state index < -0.39 is 6.10 Å². The average Bonchev–Trinajstić information content (AvgIpc) is 3.56. The predicted octanol–water partition coefficient (Wildman–Crippen LogP) is 4.71. The third-order valence-electron chi connectivity index (χ3n) is 7.50. The number of aromatic nitrogens is 4. The highest BCUT2D eigenvalue weighted by Gasteiger charge is 2.45. The van der Waals surface area contributed by atoms with Gasteiger partial charge in [0.1, 0.15) is 6.61 Å². The Morgan fingerprint density at radius 1 is 0.805 bits per heavy atom. The lowest BCUT2D eigenvalue weighted by Gasteiger charge is -2.23. The van der Waals surface area contributed by atoms with Crippen LogP contribution in [0.15, 0.2) is 97.3 Å². The van der Waals surface area contributed by atoms with Crippen molar-refractivity contribution >= 4 is 17.1 Å². The summed E-state index contributed by atoms with van der Waals surface area (Å²) < 4.78 is 20.3. The molecule has 0 saturated heterocycles. The number of nitrogen functional groups attached to an aromatic ring is 1. The quantitative estimate of drug-likeness (QED) is 0.242. The molecule has 9 heteroatoms. The highest BCUT2D eigenvalue weighted by Crippen LogP contribution is 2.40. The summed E-state index contributed by atoms with van der Waals surface area (Å²) in [6.45, 7) is 1.57. The van der Waals surface area contributed by atoms with E-state index in [1.165, 1.54) is 0 Å². The van der Waals surface area contributed by atoms with E-state index in [2.05, 4.69) is 15.0 Å². The standard InChI is InChI=1S/C32H33N5O4/c33-32-35-30-28(31(36-32)41-19-24-14-8-3-9-15-24)34-21-37(30)26-16-27(40-18-23-12-6-2-7-13-23)25(29(26)38)20-39-17-22-10-4-1-5-11-22/h1-15,21,25-27,29,38H,16-20H2,(H2,33,35,36)/t25-,26-,27+,29-/m0/s1. The Hall–Kier alpha value is -4.31. The smallest absolute Gasteiger partial charge is 0.247 e. The van der Waals surface area contributed by atoms with E-state index in [9.17, 15) is 5.11 Å². The van der Waals surface area contributed by atoms with Gasteiger partial charge in [0, 0.05) is 5.92 Å². The van der Waals surface area contributed by atoms with E-state index in [1.54, 1.807) is 6.33 Å². The Morgan fingerprint density at radius 3 is 2.07 bits per heavy atom. The minimum atomic E-state index is -0.756. The van der Waals surface area contributed by atoms with Crippen LogP contribution in [0, 0.1) is 5.92 Å². The number of nitrogens with two attached hydrogens (primary N) is 1. The van der Waals surface area contributed by atoms with Gasteiger partial charge in [-0.25, -0.2) is 4.98 Å². The number of imidazole rings is 1. The SMILES string of the molecule is Nc1nc(OCc2ccccc2)c2ncn([C@H]3C[C@@H](OCc4ccccc4)[C@H](COCc4ccccc4)[C@@H]3O)c2n1. The molecule has 0 spiro atoms. The molecule has 1 aliphatic rings. The maximum atomic E-state index is 11.6. The van der Waals surface area contributed by atoms with E-state index >= 15 is 0 Å². The van der Waals surface area contributed by atoms with Gasteiger partial charge >= 0.3 is 0 Å². The van der Waals surface area contributed by atoms with Gasteiger partial charge in [-0.3, -0.25) is 0 Å². The van der Waals surface area contributed by atoms with Gasteiger partial charge < -0.3 is 29.6 Å². The van der Waals surface area contributed by atoms with Gasteiger partial charge in [-0.15, -0.1) is 0 Å². The molecular weight excluding hydrogens is 518 g/mol. The van der Waals surface area contributed by atoms with Gasteiger partial charge in [-0.05, 0) is 23.1 Å². The molecule has 3 N–H and O–H groups in total. The fraction of sp³-hybridized carbons (Fsp3) is 0.281. The summed E-state index contributed by atoms with van der Waals surface area (Å²) in [4.78, 5) is 13.3. The first-order valence-corrected chi connectivity index (χ1v) is 13.8. The molecule has 0 radical (unpaired) electrons. The molecule has 41 heavy (non-hydrogen) atoms. The molecular formula is C32H33N5O4. The summed E-state index contributed by atoms with van der Waals surface area (Å²) in [5, 5.41) is 11.6. The maximum absolute atomic E-state index is 11.6. The zero-order valence-electron chi connectivity index (χ0n) is 22.6. The summed E-state index contributed by atoms with van der Waals surface area (Å²) in [5.41, 5.74) is 10.2. The molecule has 2 aromatic heterocycles. The van der Waals surface area contributed by atoms with Crippen LogP contribution >= 0.6 is 0 Å². The van der Waals surface area contributed by atoms with Crippen LogP contribution in [0.5, 0.6) is 5.88 Å². The molecule has 4 atom stereocenters. The van der Waals surface area contributed by atoms with Gasteiger partial charge in [-0.2, -0.15) is 9.97 Å². The van der Waals surface area contributed by atoms with E-state index in [4.69, 9.17) is 19.9 Å². The number of hydrogen-bond acceptors (Lipinski definition) is 8. The van der Waals surface area contributed by atoms with Crippen molar-refractivity contribution in [1.82, 2.24) is 19.5 Å². The first-order valence-electron chi connectivity index (χ1n) is 13.8. The third kappa shape index (κ3) is 6.22. The normalized spacial score (nSPS) is 20.4. The topological polar surface area (TPSA) is 118 Å². The first kappa shape index (κ1) is 26.9. The molecule has 1 aliphatic carbocycles. The Balaban J connectivity index is 1.23. The van der Waals surface area contributed by atoms with E-state index in [0.29, 0.717) is 49.9 Å². The molecule has 0 amide bonds. The zero-order chi connectivity index (χ0) is 28.0. The molecule has 1 saturated carbocycles. The minimum absolute atomic E-state index is 0.0782. The van der Waals surface area contributed by atoms with Crippen molar-refractivity contribution in [2.24, 2.45) is 5.92 Å². The maximum Gasteiger partial charge on any atom is 0.247 e. The Morgan fingerprint density at radius 2 is 1.41 bits per heavy atom. The minimum Gasteiger partial charge on any atom is -0.471 e. The second-order valence-corrected chi connectivity index (χ2v) is 10.3. The van der Waals surface area contributed by atoms with Crippen molar-refractivity contribution in [3.8, 4) is 5.88 Å². The Bertz CT molecular complexity index is 1550. The molecule has 3 aromatic carbocycles. The number of anilines is 1. The molecule has 0 aliphatic heterocycles. The highest BCUT2D eigenvalue weighted by molar-refractivity contribution is 5.77. The Kier molecular flexibility index (Phi) is 8.18. The fourth-order valence-corrected chi connectivity index (χ4v) is 5.37. The number of benzene rings is 3. The first-order chi connectivity index (χ1) is 20.2. The van der Waals surface area contributed by atoms with Crippen molar-refractivity contribution in [2.45, 2.75) is 44.5 Å². The number of aliphatic hydroxyl groups excluding tert-OH is 1. The van der Waals surface area contributed by atoms with E-state index in [-0.39, 0.29) is 24.0 Å². The number of fused-ring (bicyclic) bond motifs is 1. The van der Waals surface area contributed by atoms with E-state index in [0.717, 1.165) is 16.7 Å². The zero-order valence-corrected chi connectivity index (χ0v) is 22.6. The number of hydrogen-bond donors (Lipinski definition) is 2. The lowest BCUT2D eigenvalue weighted by atomic mass is 10.0. The van der Waals surface area contributed by atoms with Crippen molar-refractivity contribution in [3.63, 3.8) is 0 Å². The lowest BCUT2D eigenvalue weighted by Crippen LogP contribution is -2.31. The predicted molar refractivity (Wildman–Crippen MR) is 155 cm³/mol. The highest BCUT2D eigenvalue weighted by atomic mass is 16.5. The van der Waals surface area contributed by atoms with Crippen LogP contribution < -0.4 is 10.5 Å². The molecule has 6 rings (SSSR count).